The van der Waals surface area contributed by atoms with Gasteiger partial charge in [-0.3, -0.25) is 4.79 Å². The van der Waals surface area contributed by atoms with E-state index in [1.54, 1.807) is 0 Å². The van der Waals surface area contributed by atoms with Gasteiger partial charge < -0.3 is 9.84 Å². The summed E-state index contributed by atoms with van der Waals surface area (Å²) in [5.74, 6) is -0.0351. The van der Waals surface area contributed by atoms with Gasteiger partial charge in [-0.2, -0.15) is 0 Å². The highest BCUT2D eigenvalue weighted by molar-refractivity contribution is 5.72. The third-order valence-electron chi connectivity index (χ3n) is 3.70. The standard InChI is InChI=1S/C21H18O3/c22-21(23)13-17-8-4-9-18(12-17)19-10-5-11-20(14-19)24-15-16-6-2-1-3-7-16/h1-12,14H,13,15H2,(H,22,23). The first-order valence-corrected chi connectivity index (χ1v) is 7.78. The molecule has 0 aromatic heterocycles. The average molecular weight is 318 g/mol. The summed E-state index contributed by atoms with van der Waals surface area (Å²) in [6, 6.07) is 25.4. The van der Waals surface area contributed by atoms with Gasteiger partial charge in [-0.05, 0) is 34.4 Å². The van der Waals surface area contributed by atoms with Crippen molar-refractivity contribution in [2.75, 3.05) is 0 Å². The van der Waals surface area contributed by atoms with Crippen molar-refractivity contribution in [2.24, 2.45) is 0 Å². The molecule has 0 spiro atoms. The summed E-state index contributed by atoms with van der Waals surface area (Å²) in [6.45, 7) is 0.517. The summed E-state index contributed by atoms with van der Waals surface area (Å²) in [7, 11) is 0. The highest BCUT2D eigenvalue weighted by Gasteiger charge is 2.04. The molecule has 0 saturated heterocycles. The molecule has 0 radical (unpaired) electrons. The number of rotatable bonds is 6. The van der Waals surface area contributed by atoms with Crippen molar-refractivity contribution in [1.82, 2.24) is 0 Å². The molecule has 0 bridgehead atoms. The molecule has 1 N–H and O–H groups in total. The Labute approximate surface area is 141 Å². The first kappa shape index (κ1) is 15.8. The average Bonchev–Trinajstić information content (AvgIpc) is 2.61. The Morgan fingerprint density at radius 2 is 1.46 bits per heavy atom. The molecule has 0 aliphatic heterocycles. The Balaban J connectivity index is 1.76. The van der Waals surface area contributed by atoms with E-state index in [4.69, 9.17) is 9.84 Å². The number of benzene rings is 3. The summed E-state index contributed by atoms with van der Waals surface area (Å²) in [5, 5.41) is 8.93. The number of carboxylic acid groups (broad SMARTS) is 1. The number of hydrogen-bond acceptors (Lipinski definition) is 2. The van der Waals surface area contributed by atoms with Gasteiger partial charge in [0.1, 0.15) is 12.4 Å². The lowest BCUT2D eigenvalue weighted by Crippen LogP contribution is -1.99. The summed E-state index contributed by atoms with van der Waals surface area (Å²) >= 11 is 0. The number of hydrogen-bond donors (Lipinski definition) is 1. The van der Waals surface area contributed by atoms with Crippen molar-refractivity contribution in [2.45, 2.75) is 13.0 Å². The number of carbonyl (C=O) groups is 1. The van der Waals surface area contributed by atoms with Crippen LogP contribution in [0.2, 0.25) is 0 Å². The molecule has 3 nitrogen and oxygen atoms in total. The van der Waals surface area contributed by atoms with Gasteiger partial charge >= 0.3 is 5.97 Å². The van der Waals surface area contributed by atoms with Crippen molar-refractivity contribution >= 4 is 5.97 Å². The number of aliphatic carboxylic acids is 1. The van der Waals surface area contributed by atoms with Crippen LogP contribution < -0.4 is 4.74 Å². The van der Waals surface area contributed by atoms with Crippen molar-refractivity contribution in [3.05, 3.63) is 90.0 Å². The summed E-state index contributed by atoms with van der Waals surface area (Å²) in [6.07, 6.45) is 0.0258. The summed E-state index contributed by atoms with van der Waals surface area (Å²) < 4.78 is 5.85. The number of ether oxygens (including phenoxy) is 1. The van der Waals surface area contributed by atoms with Crippen LogP contribution >= 0.6 is 0 Å². The van der Waals surface area contributed by atoms with Gasteiger partial charge in [0.05, 0.1) is 6.42 Å². The minimum atomic E-state index is -0.827. The highest BCUT2D eigenvalue weighted by atomic mass is 16.5. The van der Waals surface area contributed by atoms with Crippen molar-refractivity contribution in [1.29, 1.82) is 0 Å². The molecule has 3 aromatic carbocycles. The maximum absolute atomic E-state index is 10.9. The van der Waals surface area contributed by atoms with Crippen LogP contribution in [0.5, 0.6) is 5.75 Å². The van der Waals surface area contributed by atoms with Gasteiger partial charge in [0.2, 0.25) is 0 Å². The van der Waals surface area contributed by atoms with Crippen LogP contribution in [-0.2, 0) is 17.8 Å². The largest absolute Gasteiger partial charge is 0.489 e. The molecule has 0 unspecified atom stereocenters. The molecule has 0 fully saturated rings. The van der Waals surface area contributed by atoms with E-state index in [0.29, 0.717) is 6.61 Å². The lowest BCUT2D eigenvalue weighted by Gasteiger charge is -2.09. The fourth-order valence-electron chi connectivity index (χ4n) is 2.54. The third kappa shape index (κ3) is 4.23. The van der Waals surface area contributed by atoms with E-state index < -0.39 is 5.97 Å². The lowest BCUT2D eigenvalue weighted by molar-refractivity contribution is -0.136. The SMILES string of the molecule is O=C(O)Cc1cccc(-c2cccc(OCc3ccccc3)c2)c1. The van der Waals surface area contributed by atoms with Crippen molar-refractivity contribution in [3.8, 4) is 16.9 Å². The van der Waals surface area contributed by atoms with E-state index in [-0.39, 0.29) is 6.42 Å². The van der Waals surface area contributed by atoms with Crippen LogP contribution in [-0.4, -0.2) is 11.1 Å². The molecule has 0 aliphatic rings. The van der Waals surface area contributed by atoms with Crippen LogP contribution in [0.15, 0.2) is 78.9 Å². The van der Waals surface area contributed by atoms with Crippen LogP contribution in [0, 0.1) is 0 Å². The smallest absolute Gasteiger partial charge is 0.307 e. The van der Waals surface area contributed by atoms with Gasteiger partial charge in [-0.15, -0.1) is 0 Å². The van der Waals surface area contributed by atoms with Gasteiger partial charge in [-0.25, -0.2) is 0 Å². The molecule has 0 aliphatic carbocycles. The maximum Gasteiger partial charge on any atom is 0.307 e. The van der Waals surface area contributed by atoms with E-state index in [0.717, 1.165) is 28.0 Å². The predicted molar refractivity (Wildman–Crippen MR) is 94.0 cm³/mol. The molecule has 0 heterocycles. The first-order chi connectivity index (χ1) is 11.7. The maximum atomic E-state index is 10.9. The van der Waals surface area contributed by atoms with Crippen LogP contribution in [0.3, 0.4) is 0 Å². The van der Waals surface area contributed by atoms with E-state index >= 15 is 0 Å². The fraction of sp³-hybridized carbons (Fsp3) is 0.0952. The van der Waals surface area contributed by atoms with Crippen LogP contribution in [0.1, 0.15) is 11.1 Å². The summed E-state index contributed by atoms with van der Waals surface area (Å²) in [5.41, 5.74) is 3.90. The van der Waals surface area contributed by atoms with E-state index in [2.05, 4.69) is 0 Å². The molecule has 0 atom stereocenters. The molecule has 3 rings (SSSR count). The molecule has 120 valence electrons. The van der Waals surface area contributed by atoms with Gasteiger partial charge in [-0.1, -0.05) is 66.7 Å². The normalized spacial score (nSPS) is 10.3. The Hall–Kier alpha value is -3.07. The lowest BCUT2D eigenvalue weighted by atomic mass is 10.0. The topological polar surface area (TPSA) is 46.5 Å². The van der Waals surface area contributed by atoms with Crippen LogP contribution in [0.4, 0.5) is 0 Å². The quantitative estimate of drug-likeness (QED) is 0.725. The van der Waals surface area contributed by atoms with E-state index in [1.807, 2.05) is 78.9 Å². The molecule has 0 amide bonds. The Morgan fingerprint density at radius 3 is 2.21 bits per heavy atom. The minimum Gasteiger partial charge on any atom is -0.489 e. The Morgan fingerprint density at radius 1 is 0.792 bits per heavy atom. The number of carboxylic acids is 1. The molecular weight excluding hydrogens is 300 g/mol. The van der Waals surface area contributed by atoms with Crippen LogP contribution in [0.25, 0.3) is 11.1 Å². The molecule has 3 aromatic rings. The van der Waals surface area contributed by atoms with Gasteiger partial charge in [0.25, 0.3) is 0 Å². The van der Waals surface area contributed by atoms with Crippen molar-refractivity contribution in [3.63, 3.8) is 0 Å². The zero-order valence-corrected chi connectivity index (χ0v) is 13.2. The predicted octanol–water partition coefficient (Wildman–Crippen LogP) is 4.56. The molecule has 3 heteroatoms. The third-order valence-corrected chi connectivity index (χ3v) is 3.70. The monoisotopic (exact) mass is 318 g/mol. The highest BCUT2D eigenvalue weighted by Crippen LogP contribution is 2.25. The fourth-order valence-corrected chi connectivity index (χ4v) is 2.54. The van der Waals surface area contributed by atoms with E-state index in [9.17, 15) is 4.79 Å². The van der Waals surface area contributed by atoms with E-state index in [1.165, 1.54) is 0 Å². The van der Waals surface area contributed by atoms with Crippen molar-refractivity contribution < 1.29 is 14.6 Å². The Kier molecular flexibility index (Phi) is 4.92. The van der Waals surface area contributed by atoms with Gasteiger partial charge in [0.15, 0.2) is 0 Å². The Bertz CT molecular complexity index is 825. The minimum absolute atomic E-state index is 0.0258. The zero-order chi connectivity index (χ0) is 16.8. The molecular formula is C21H18O3. The molecule has 24 heavy (non-hydrogen) atoms. The van der Waals surface area contributed by atoms with Gasteiger partial charge in [0, 0.05) is 0 Å². The molecule has 0 saturated carbocycles. The summed E-state index contributed by atoms with van der Waals surface area (Å²) in [4.78, 5) is 10.9. The second-order valence-corrected chi connectivity index (χ2v) is 5.57. The zero-order valence-electron chi connectivity index (χ0n) is 13.2. The first-order valence-electron chi connectivity index (χ1n) is 7.78. The second-order valence-electron chi connectivity index (χ2n) is 5.57. The second kappa shape index (κ2) is 7.47.